The predicted octanol–water partition coefficient (Wildman–Crippen LogP) is 1.43. The summed E-state index contributed by atoms with van der Waals surface area (Å²) < 4.78 is 4.70. The van der Waals surface area contributed by atoms with Crippen LogP contribution in [0.4, 0.5) is 0 Å². The number of rotatable bonds is 4. The SMILES string of the molecule is CCOC(=O)C[C@H](C)N=C=S. The molecule has 0 aliphatic carbocycles. The van der Waals surface area contributed by atoms with Gasteiger partial charge in [0.2, 0.25) is 0 Å². The summed E-state index contributed by atoms with van der Waals surface area (Å²) in [6, 6.07) is -0.119. The number of thiocarbonyl (C=S) groups is 1. The quantitative estimate of drug-likeness (QED) is 0.367. The molecule has 0 aromatic carbocycles. The van der Waals surface area contributed by atoms with E-state index in [1.165, 1.54) is 0 Å². The summed E-state index contributed by atoms with van der Waals surface area (Å²) in [7, 11) is 0. The maximum absolute atomic E-state index is 10.8. The summed E-state index contributed by atoms with van der Waals surface area (Å²) in [5.41, 5.74) is 0. The van der Waals surface area contributed by atoms with Crippen molar-refractivity contribution in [3.63, 3.8) is 0 Å². The second-order valence-corrected chi connectivity index (χ2v) is 2.26. The van der Waals surface area contributed by atoms with Gasteiger partial charge in [0, 0.05) is 0 Å². The van der Waals surface area contributed by atoms with Crippen LogP contribution in [-0.2, 0) is 9.53 Å². The van der Waals surface area contributed by atoms with Gasteiger partial charge in [0.05, 0.1) is 24.2 Å². The average Bonchev–Trinajstić information content (AvgIpc) is 1.87. The molecule has 0 bridgehead atoms. The number of carbonyl (C=O) groups is 1. The van der Waals surface area contributed by atoms with E-state index in [0.29, 0.717) is 6.61 Å². The van der Waals surface area contributed by atoms with Crippen LogP contribution in [0.1, 0.15) is 20.3 Å². The number of hydrogen-bond acceptors (Lipinski definition) is 4. The van der Waals surface area contributed by atoms with Crippen molar-refractivity contribution in [2.24, 2.45) is 4.99 Å². The van der Waals surface area contributed by atoms with Crippen molar-refractivity contribution in [2.45, 2.75) is 26.3 Å². The second kappa shape index (κ2) is 6.01. The number of esters is 1. The lowest BCUT2D eigenvalue weighted by molar-refractivity contribution is -0.143. The first-order valence-corrected chi connectivity index (χ1v) is 3.84. The fraction of sp³-hybridized carbons (Fsp3) is 0.714. The molecular formula is C7H11NO2S. The van der Waals surface area contributed by atoms with Gasteiger partial charge in [0.1, 0.15) is 0 Å². The van der Waals surface area contributed by atoms with E-state index in [2.05, 4.69) is 22.4 Å². The highest BCUT2D eigenvalue weighted by atomic mass is 32.1. The third-order valence-electron chi connectivity index (χ3n) is 1.04. The summed E-state index contributed by atoms with van der Waals surface area (Å²) in [6.45, 7) is 3.97. The number of isothiocyanates is 1. The summed E-state index contributed by atoms with van der Waals surface area (Å²) in [4.78, 5) is 14.5. The first-order valence-electron chi connectivity index (χ1n) is 3.43. The van der Waals surface area contributed by atoms with Crippen molar-refractivity contribution in [3.05, 3.63) is 0 Å². The lowest BCUT2D eigenvalue weighted by Gasteiger charge is -2.02. The minimum absolute atomic E-state index is 0.119. The van der Waals surface area contributed by atoms with Crippen molar-refractivity contribution >= 4 is 23.3 Å². The largest absolute Gasteiger partial charge is 0.466 e. The lowest BCUT2D eigenvalue weighted by Crippen LogP contribution is -2.11. The molecule has 0 saturated carbocycles. The van der Waals surface area contributed by atoms with Gasteiger partial charge < -0.3 is 4.74 Å². The molecular weight excluding hydrogens is 162 g/mol. The van der Waals surface area contributed by atoms with Crippen LogP contribution in [0.25, 0.3) is 0 Å². The lowest BCUT2D eigenvalue weighted by atomic mass is 10.2. The van der Waals surface area contributed by atoms with Gasteiger partial charge in [-0.3, -0.25) is 4.79 Å². The molecule has 0 heterocycles. The standard InChI is InChI=1S/C7H11NO2S/c1-3-10-7(9)4-6(2)8-5-11/h6H,3-4H2,1-2H3/t6-/m0/s1. The highest BCUT2D eigenvalue weighted by Crippen LogP contribution is 1.97. The highest BCUT2D eigenvalue weighted by molar-refractivity contribution is 7.78. The molecule has 0 aliphatic heterocycles. The van der Waals surface area contributed by atoms with Gasteiger partial charge in [-0.1, -0.05) is 0 Å². The molecule has 0 amide bonds. The predicted molar refractivity (Wildman–Crippen MR) is 45.7 cm³/mol. The Kier molecular flexibility index (Phi) is 5.61. The molecule has 11 heavy (non-hydrogen) atoms. The van der Waals surface area contributed by atoms with E-state index >= 15 is 0 Å². The van der Waals surface area contributed by atoms with Gasteiger partial charge in [0.15, 0.2) is 0 Å². The van der Waals surface area contributed by atoms with Gasteiger partial charge in [-0.15, -0.1) is 0 Å². The van der Waals surface area contributed by atoms with E-state index in [1.807, 2.05) is 0 Å². The van der Waals surface area contributed by atoms with Crippen LogP contribution in [-0.4, -0.2) is 23.8 Å². The van der Waals surface area contributed by atoms with Crippen molar-refractivity contribution in [2.75, 3.05) is 6.61 Å². The summed E-state index contributed by atoms with van der Waals surface area (Å²) >= 11 is 4.38. The topological polar surface area (TPSA) is 38.7 Å². The van der Waals surface area contributed by atoms with Crippen molar-refractivity contribution in [1.82, 2.24) is 0 Å². The van der Waals surface area contributed by atoms with Crippen LogP contribution >= 0.6 is 12.2 Å². The molecule has 0 radical (unpaired) electrons. The van der Waals surface area contributed by atoms with Crippen LogP contribution < -0.4 is 0 Å². The molecule has 0 saturated heterocycles. The molecule has 0 aromatic heterocycles. The number of aliphatic imine (C=N–C) groups is 1. The van der Waals surface area contributed by atoms with Gasteiger partial charge in [-0.2, -0.15) is 0 Å². The molecule has 1 atom stereocenters. The van der Waals surface area contributed by atoms with E-state index in [4.69, 9.17) is 4.74 Å². The van der Waals surface area contributed by atoms with E-state index < -0.39 is 0 Å². The minimum Gasteiger partial charge on any atom is -0.466 e. The maximum Gasteiger partial charge on any atom is 0.307 e. The summed E-state index contributed by atoms with van der Waals surface area (Å²) in [6.07, 6.45) is 0.275. The first kappa shape index (κ1) is 10.3. The first-order chi connectivity index (χ1) is 5.20. The summed E-state index contributed by atoms with van der Waals surface area (Å²) in [5.74, 6) is -0.242. The molecule has 0 spiro atoms. The number of hydrogen-bond donors (Lipinski definition) is 0. The van der Waals surface area contributed by atoms with Crippen molar-refractivity contribution < 1.29 is 9.53 Å². The summed E-state index contributed by atoms with van der Waals surface area (Å²) in [5, 5.41) is 2.22. The molecule has 62 valence electrons. The Morgan fingerprint density at radius 1 is 1.82 bits per heavy atom. The van der Waals surface area contributed by atoms with E-state index in [9.17, 15) is 4.79 Å². The maximum atomic E-state index is 10.8. The number of ether oxygens (including phenoxy) is 1. The van der Waals surface area contributed by atoms with E-state index in [-0.39, 0.29) is 18.4 Å². The number of nitrogens with zero attached hydrogens (tertiary/aromatic N) is 1. The van der Waals surface area contributed by atoms with Crippen LogP contribution in [0.15, 0.2) is 4.99 Å². The zero-order valence-corrected chi connectivity index (χ0v) is 7.48. The van der Waals surface area contributed by atoms with Crippen LogP contribution in [0.3, 0.4) is 0 Å². The molecule has 0 unspecified atom stereocenters. The third kappa shape index (κ3) is 5.70. The second-order valence-electron chi connectivity index (χ2n) is 2.08. The van der Waals surface area contributed by atoms with Crippen molar-refractivity contribution in [1.29, 1.82) is 0 Å². The molecule has 0 aromatic rings. The zero-order chi connectivity index (χ0) is 8.69. The molecule has 0 fully saturated rings. The Morgan fingerprint density at radius 2 is 2.45 bits per heavy atom. The average molecular weight is 173 g/mol. The molecule has 0 rings (SSSR count). The zero-order valence-electron chi connectivity index (χ0n) is 6.66. The Morgan fingerprint density at radius 3 is 2.91 bits per heavy atom. The van der Waals surface area contributed by atoms with E-state index in [1.54, 1.807) is 13.8 Å². The Balaban J connectivity index is 3.65. The normalized spacial score (nSPS) is 11.5. The Labute approximate surface area is 71.5 Å². The number of carbonyl (C=O) groups excluding carboxylic acids is 1. The molecule has 3 nitrogen and oxygen atoms in total. The Hall–Kier alpha value is -0.730. The molecule has 0 N–H and O–H groups in total. The fourth-order valence-electron chi connectivity index (χ4n) is 0.597. The van der Waals surface area contributed by atoms with Gasteiger partial charge in [-0.25, -0.2) is 4.99 Å². The molecule has 0 aliphatic rings. The third-order valence-corrected chi connectivity index (χ3v) is 1.15. The van der Waals surface area contributed by atoms with Crippen LogP contribution in [0.5, 0.6) is 0 Å². The van der Waals surface area contributed by atoms with Gasteiger partial charge in [-0.05, 0) is 26.1 Å². The molecule has 4 heteroatoms. The smallest absolute Gasteiger partial charge is 0.307 e. The minimum atomic E-state index is -0.242. The Bertz CT molecular complexity index is 175. The van der Waals surface area contributed by atoms with Crippen LogP contribution in [0.2, 0.25) is 0 Å². The van der Waals surface area contributed by atoms with Crippen molar-refractivity contribution in [3.8, 4) is 0 Å². The highest BCUT2D eigenvalue weighted by Gasteiger charge is 2.06. The van der Waals surface area contributed by atoms with Crippen LogP contribution in [0, 0.1) is 0 Å². The van der Waals surface area contributed by atoms with E-state index in [0.717, 1.165) is 0 Å². The fourth-order valence-corrected chi connectivity index (χ4v) is 0.777. The van der Waals surface area contributed by atoms with Gasteiger partial charge >= 0.3 is 5.97 Å². The van der Waals surface area contributed by atoms with Gasteiger partial charge in [0.25, 0.3) is 0 Å². The monoisotopic (exact) mass is 173 g/mol.